The molecule has 1 aliphatic carbocycles. The first-order valence-electron chi connectivity index (χ1n) is 11.3. The molecular weight excluding hydrogens is 420 g/mol. The second-order valence-electron chi connectivity index (χ2n) is 9.14. The van der Waals surface area contributed by atoms with Crippen molar-refractivity contribution in [2.24, 2.45) is 18.9 Å². The van der Waals surface area contributed by atoms with Crippen LogP contribution in [0.25, 0.3) is 27.7 Å². The third kappa shape index (κ3) is 3.28. The maximum Gasteiger partial charge on any atom is 0.244 e. The molecular formula is C23H26N8O2. The number of aromatic nitrogens is 6. The van der Waals surface area contributed by atoms with Gasteiger partial charge >= 0.3 is 0 Å². The van der Waals surface area contributed by atoms with Gasteiger partial charge in [-0.1, -0.05) is 11.3 Å². The number of rotatable bonds is 4. The first-order chi connectivity index (χ1) is 16.0. The van der Waals surface area contributed by atoms with Crippen molar-refractivity contribution in [1.82, 2.24) is 34.5 Å². The summed E-state index contributed by atoms with van der Waals surface area (Å²) in [6.45, 7) is 3.38. The number of hydrogen-bond donors (Lipinski definition) is 1. The van der Waals surface area contributed by atoms with E-state index in [0.29, 0.717) is 29.7 Å². The summed E-state index contributed by atoms with van der Waals surface area (Å²) in [5, 5.41) is 16.5. The van der Waals surface area contributed by atoms with E-state index < -0.39 is 0 Å². The van der Waals surface area contributed by atoms with Gasteiger partial charge in [0.25, 0.3) is 0 Å². The highest BCUT2D eigenvalue weighted by Crippen LogP contribution is 2.39. The first-order valence-corrected chi connectivity index (χ1v) is 11.3. The van der Waals surface area contributed by atoms with E-state index >= 15 is 0 Å². The monoisotopic (exact) mass is 446 g/mol. The third-order valence-corrected chi connectivity index (χ3v) is 7.12. The molecule has 0 bridgehead atoms. The van der Waals surface area contributed by atoms with Crippen molar-refractivity contribution in [2.75, 3.05) is 25.5 Å². The van der Waals surface area contributed by atoms with Crippen LogP contribution in [-0.4, -0.2) is 66.6 Å². The predicted molar refractivity (Wildman–Crippen MR) is 123 cm³/mol. The number of ether oxygens (including phenoxy) is 1. The second kappa shape index (κ2) is 7.43. The lowest BCUT2D eigenvalue weighted by atomic mass is 10.0. The van der Waals surface area contributed by atoms with Gasteiger partial charge in [0.2, 0.25) is 17.7 Å². The molecule has 0 radical (unpaired) electrons. The molecule has 1 aromatic carbocycles. The summed E-state index contributed by atoms with van der Waals surface area (Å²) in [5.74, 6) is 2.35. The molecule has 3 atom stereocenters. The minimum atomic E-state index is 0.176. The zero-order valence-electron chi connectivity index (χ0n) is 18.9. The number of nitrogens with one attached hydrogen (secondary N) is 1. The van der Waals surface area contributed by atoms with Gasteiger partial charge in [-0.05, 0) is 48.4 Å². The minimum absolute atomic E-state index is 0.176. The van der Waals surface area contributed by atoms with Crippen molar-refractivity contribution in [2.45, 2.75) is 25.8 Å². The second-order valence-corrected chi connectivity index (χ2v) is 9.14. The average Bonchev–Trinajstić information content (AvgIpc) is 3.56. The van der Waals surface area contributed by atoms with Crippen LogP contribution in [0.15, 0.2) is 30.5 Å². The van der Waals surface area contributed by atoms with Gasteiger partial charge < -0.3 is 15.0 Å². The zero-order chi connectivity index (χ0) is 22.7. The first kappa shape index (κ1) is 20.0. The number of methoxy groups -OCH3 is 1. The summed E-state index contributed by atoms with van der Waals surface area (Å²) in [4.78, 5) is 18.3. The van der Waals surface area contributed by atoms with Crippen molar-refractivity contribution >= 4 is 28.4 Å². The van der Waals surface area contributed by atoms with E-state index in [1.807, 2.05) is 40.9 Å². The van der Waals surface area contributed by atoms with Crippen LogP contribution in [-0.2, 0) is 11.8 Å². The molecule has 4 aromatic rings. The fraction of sp³-hybridized carbons (Fsp3) is 0.435. The number of aryl methyl sites for hydroxylation is 1. The minimum Gasteiger partial charge on any atom is -0.479 e. The Kier molecular flexibility index (Phi) is 4.49. The fourth-order valence-corrected chi connectivity index (χ4v) is 5.48. The molecule has 1 aliphatic heterocycles. The Morgan fingerprint density at radius 3 is 2.70 bits per heavy atom. The molecule has 10 nitrogen and oxygen atoms in total. The highest BCUT2D eigenvalue weighted by atomic mass is 16.5. The number of carbonyl (C=O) groups is 1. The molecule has 1 saturated heterocycles. The lowest BCUT2D eigenvalue weighted by molar-refractivity contribution is -0.128. The summed E-state index contributed by atoms with van der Waals surface area (Å²) in [5.41, 5.74) is 4.64. The molecule has 170 valence electrons. The van der Waals surface area contributed by atoms with Gasteiger partial charge in [-0.2, -0.15) is 4.98 Å². The van der Waals surface area contributed by atoms with E-state index in [1.165, 1.54) is 0 Å². The molecule has 1 N–H and O–H groups in total. The molecule has 1 saturated carbocycles. The zero-order valence-corrected chi connectivity index (χ0v) is 18.9. The number of nitrogens with zero attached hydrogens (tertiary/aromatic N) is 7. The van der Waals surface area contributed by atoms with Gasteiger partial charge in [0.05, 0.1) is 12.6 Å². The molecule has 33 heavy (non-hydrogen) atoms. The number of amides is 1. The maximum absolute atomic E-state index is 11.7. The molecule has 6 rings (SSSR count). The summed E-state index contributed by atoms with van der Waals surface area (Å²) in [7, 11) is 3.51. The lowest BCUT2D eigenvalue weighted by Gasteiger charge is -2.18. The SMILES string of the molecule is COc1nc(NC2C[C@@H]3CN(C(C)=O)C[C@@H]3C2)nn2ccc(-c3ccc4nnn(C)c4c3)c12. The van der Waals surface area contributed by atoms with Gasteiger partial charge in [0, 0.05) is 44.9 Å². The van der Waals surface area contributed by atoms with Crippen LogP contribution in [0.1, 0.15) is 19.8 Å². The molecule has 1 unspecified atom stereocenters. The highest BCUT2D eigenvalue weighted by molar-refractivity contribution is 5.89. The van der Waals surface area contributed by atoms with E-state index in [2.05, 4.69) is 26.7 Å². The van der Waals surface area contributed by atoms with E-state index in [4.69, 9.17) is 9.84 Å². The van der Waals surface area contributed by atoms with Gasteiger partial charge in [-0.25, -0.2) is 9.20 Å². The summed E-state index contributed by atoms with van der Waals surface area (Å²) in [6.07, 6.45) is 3.97. The van der Waals surface area contributed by atoms with Crippen LogP contribution in [0.3, 0.4) is 0 Å². The Bertz CT molecular complexity index is 1360. The third-order valence-electron chi connectivity index (χ3n) is 7.12. The summed E-state index contributed by atoms with van der Waals surface area (Å²) >= 11 is 0. The number of anilines is 1. The Morgan fingerprint density at radius 1 is 1.18 bits per heavy atom. The molecule has 4 heterocycles. The molecule has 0 spiro atoms. The number of fused-ring (bicyclic) bond motifs is 3. The van der Waals surface area contributed by atoms with E-state index in [0.717, 1.165) is 53.6 Å². The van der Waals surface area contributed by atoms with Crippen molar-refractivity contribution < 1.29 is 9.53 Å². The van der Waals surface area contributed by atoms with Crippen LogP contribution in [0.5, 0.6) is 5.88 Å². The van der Waals surface area contributed by atoms with Crippen LogP contribution >= 0.6 is 0 Å². The fourth-order valence-electron chi connectivity index (χ4n) is 5.48. The van der Waals surface area contributed by atoms with Crippen molar-refractivity contribution in [3.8, 4) is 17.0 Å². The smallest absolute Gasteiger partial charge is 0.244 e. The number of benzene rings is 1. The van der Waals surface area contributed by atoms with Gasteiger partial charge in [0.15, 0.2) is 0 Å². The number of carbonyl (C=O) groups excluding carboxylic acids is 1. The largest absolute Gasteiger partial charge is 0.479 e. The van der Waals surface area contributed by atoms with Crippen LogP contribution < -0.4 is 10.1 Å². The van der Waals surface area contributed by atoms with Crippen molar-refractivity contribution in [1.29, 1.82) is 0 Å². The molecule has 3 aromatic heterocycles. The topological polar surface area (TPSA) is 102 Å². The Morgan fingerprint density at radius 2 is 1.97 bits per heavy atom. The number of hydrogen-bond acceptors (Lipinski definition) is 7. The molecule has 2 fully saturated rings. The lowest BCUT2D eigenvalue weighted by Crippen LogP contribution is -2.29. The Labute approximate surface area is 190 Å². The normalized spacial score (nSPS) is 22.3. The average molecular weight is 447 g/mol. The van der Waals surface area contributed by atoms with Gasteiger partial charge in [-0.15, -0.1) is 10.2 Å². The molecule has 2 aliphatic rings. The standard InChI is InChI=1S/C23H26N8O2/c1-13(32)30-11-15-8-17(9-16(15)12-30)24-23-25-22(33-3)21-18(6-7-31(21)27-23)14-4-5-19-20(10-14)29(2)28-26-19/h4-7,10,15-17H,8-9,11-12H2,1-3H3,(H,24,27)/t15-,16+,17?. The molecule has 10 heteroatoms. The summed E-state index contributed by atoms with van der Waals surface area (Å²) < 4.78 is 9.26. The van der Waals surface area contributed by atoms with Crippen molar-refractivity contribution in [3.63, 3.8) is 0 Å². The van der Waals surface area contributed by atoms with Crippen LogP contribution in [0, 0.1) is 11.8 Å². The Balaban J connectivity index is 1.28. The van der Waals surface area contributed by atoms with Gasteiger partial charge in [-0.3, -0.25) is 4.79 Å². The predicted octanol–water partition coefficient (Wildman–Crippen LogP) is 2.36. The van der Waals surface area contributed by atoms with Crippen LogP contribution in [0.4, 0.5) is 5.95 Å². The Hall–Kier alpha value is -3.69. The quantitative estimate of drug-likeness (QED) is 0.513. The van der Waals surface area contributed by atoms with Crippen LogP contribution in [0.2, 0.25) is 0 Å². The van der Waals surface area contributed by atoms with E-state index in [1.54, 1.807) is 18.7 Å². The van der Waals surface area contributed by atoms with Gasteiger partial charge in [0.1, 0.15) is 11.0 Å². The van der Waals surface area contributed by atoms with E-state index in [-0.39, 0.29) is 5.91 Å². The highest BCUT2D eigenvalue weighted by Gasteiger charge is 2.41. The number of likely N-dealkylation sites (tertiary alicyclic amines) is 1. The maximum atomic E-state index is 11.7. The molecule has 1 amide bonds. The van der Waals surface area contributed by atoms with E-state index in [9.17, 15) is 4.79 Å². The summed E-state index contributed by atoms with van der Waals surface area (Å²) in [6, 6.07) is 8.38. The van der Waals surface area contributed by atoms with Crippen molar-refractivity contribution in [3.05, 3.63) is 30.5 Å².